The molecule has 0 saturated carbocycles. The van der Waals surface area contributed by atoms with E-state index in [4.69, 9.17) is 16.1 Å². The molecule has 1 aliphatic heterocycles. The van der Waals surface area contributed by atoms with Crippen LogP contribution in [-0.2, 0) is 16.0 Å². The van der Waals surface area contributed by atoms with Gasteiger partial charge in [0.05, 0.1) is 6.54 Å². The van der Waals surface area contributed by atoms with E-state index < -0.39 is 0 Å². The maximum absolute atomic E-state index is 11.8. The molecule has 0 radical (unpaired) electrons. The predicted octanol–water partition coefficient (Wildman–Crippen LogP) is 1.67. The monoisotopic (exact) mass is 348 g/mol. The average molecular weight is 349 g/mol. The second-order valence-electron chi connectivity index (χ2n) is 5.54. The van der Waals surface area contributed by atoms with E-state index in [9.17, 15) is 9.59 Å². The number of amides is 2. The zero-order valence-corrected chi connectivity index (χ0v) is 13.8. The number of carbonyl (C=O) groups is 2. The minimum atomic E-state index is -0.178. The Hall–Kier alpha value is -2.41. The Morgan fingerprint density at radius 3 is 2.83 bits per heavy atom. The first kappa shape index (κ1) is 16.4. The molecule has 1 aliphatic rings. The molecule has 24 heavy (non-hydrogen) atoms. The van der Waals surface area contributed by atoms with Gasteiger partial charge in [0.1, 0.15) is 0 Å². The van der Waals surface area contributed by atoms with Crippen molar-refractivity contribution in [3.05, 3.63) is 35.2 Å². The van der Waals surface area contributed by atoms with Crippen LogP contribution in [0.5, 0.6) is 0 Å². The van der Waals surface area contributed by atoms with Crippen molar-refractivity contribution >= 4 is 23.4 Å². The van der Waals surface area contributed by atoms with Gasteiger partial charge in [-0.2, -0.15) is 4.98 Å². The van der Waals surface area contributed by atoms with Gasteiger partial charge in [-0.3, -0.25) is 9.59 Å². The van der Waals surface area contributed by atoms with Gasteiger partial charge in [0, 0.05) is 36.5 Å². The summed E-state index contributed by atoms with van der Waals surface area (Å²) in [4.78, 5) is 29.1. The minimum Gasteiger partial charge on any atom is -0.354 e. The van der Waals surface area contributed by atoms with Gasteiger partial charge < -0.3 is 14.7 Å². The number of benzene rings is 1. The van der Waals surface area contributed by atoms with Crippen LogP contribution in [0.1, 0.15) is 18.7 Å². The van der Waals surface area contributed by atoms with E-state index in [1.165, 1.54) is 0 Å². The van der Waals surface area contributed by atoms with Gasteiger partial charge in [0.25, 0.3) is 0 Å². The summed E-state index contributed by atoms with van der Waals surface area (Å²) in [5, 5.41) is 7.31. The number of hydrogen-bond acceptors (Lipinski definition) is 5. The third-order valence-electron chi connectivity index (χ3n) is 3.74. The third-order valence-corrected chi connectivity index (χ3v) is 3.99. The van der Waals surface area contributed by atoms with Crippen molar-refractivity contribution in [2.45, 2.75) is 19.3 Å². The highest BCUT2D eigenvalue weighted by Gasteiger charge is 2.22. The lowest BCUT2D eigenvalue weighted by molar-refractivity contribution is -0.133. The van der Waals surface area contributed by atoms with Crippen LogP contribution >= 0.6 is 11.6 Å². The van der Waals surface area contributed by atoms with E-state index in [1.54, 1.807) is 17.0 Å². The lowest BCUT2D eigenvalue weighted by Crippen LogP contribution is -2.38. The normalized spacial score (nSPS) is 14.2. The number of hydrogen-bond donors (Lipinski definition) is 1. The molecular formula is C16H17ClN4O3. The summed E-state index contributed by atoms with van der Waals surface area (Å²) in [6, 6.07) is 7.14. The van der Waals surface area contributed by atoms with E-state index in [2.05, 4.69) is 15.5 Å². The Bertz CT molecular complexity index is 729. The van der Waals surface area contributed by atoms with E-state index in [0.29, 0.717) is 42.7 Å². The van der Waals surface area contributed by atoms with Crippen LogP contribution in [0.4, 0.5) is 0 Å². The predicted molar refractivity (Wildman–Crippen MR) is 87.3 cm³/mol. The fraction of sp³-hybridized carbons (Fsp3) is 0.375. The lowest BCUT2D eigenvalue weighted by atomic mass is 10.2. The van der Waals surface area contributed by atoms with Crippen LogP contribution in [-0.4, -0.2) is 46.5 Å². The Balaban J connectivity index is 1.46. The molecule has 0 bridgehead atoms. The molecule has 1 fully saturated rings. The van der Waals surface area contributed by atoms with Gasteiger partial charge in [-0.15, -0.1) is 0 Å². The summed E-state index contributed by atoms with van der Waals surface area (Å²) in [6.07, 6.45) is 1.78. The molecule has 0 atom stereocenters. The van der Waals surface area contributed by atoms with Crippen LogP contribution in [0.3, 0.4) is 0 Å². The minimum absolute atomic E-state index is 0.0367. The summed E-state index contributed by atoms with van der Waals surface area (Å²) in [5.74, 6) is 0.783. The summed E-state index contributed by atoms with van der Waals surface area (Å²) in [5.41, 5.74) is 0.811. The van der Waals surface area contributed by atoms with Crippen molar-refractivity contribution in [3.8, 4) is 11.4 Å². The van der Waals surface area contributed by atoms with E-state index in [0.717, 1.165) is 12.0 Å². The van der Waals surface area contributed by atoms with E-state index in [1.807, 2.05) is 12.1 Å². The number of carbonyl (C=O) groups excluding carboxylic acids is 2. The highest BCUT2D eigenvalue weighted by atomic mass is 35.5. The molecule has 1 N–H and O–H groups in total. The quantitative estimate of drug-likeness (QED) is 0.857. The highest BCUT2D eigenvalue weighted by Crippen LogP contribution is 2.18. The number of nitrogens with one attached hydrogen (secondary N) is 1. The molecule has 0 aliphatic carbocycles. The third kappa shape index (κ3) is 4.11. The van der Waals surface area contributed by atoms with Crippen LogP contribution in [0.2, 0.25) is 5.02 Å². The Kier molecular flexibility index (Phi) is 5.10. The molecule has 2 amide bonds. The molecule has 126 valence electrons. The molecule has 2 aromatic rings. The lowest BCUT2D eigenvalue weighted by Gasteiger charge is -2.14. The number of halogens is 1. The molecular weight excluding hydrogens is 332 g/mol. The van der Waals surface area contributed by atoms with Gasteiger partial charge in [0.15, 0.2) is 0 Å². The van der Waals surface area contributed by atoms with Gasteiger partial charge in [-0.25, -0.2) is 0 Å². The highest BCUT2D eigenvalue weighted by molar-refractivity contribution is 6.30. The van der Waals surface area contributed by atoms with Crippen LogP contribution in [0.25, 0.3) is 11.4 Å². The summed E-state index contributed by atoms with van der Waals surface area (Å²) >= 11 is 5.84. The second-order valence-corrected chi connectivity index (χ2v) is 5.97. The van der Waals surface area contributed by atoms with Crippen molar-refractivity contribution in [1.29, 1.82) is 0 Å². The maximum Gasteiger partial charge on any atom is 0.239 e. The molecule has 2 heterocycles. The largest absolute Gasteiger partial charge is 0.354 e. The van der Waals surface area contributed by atoms with Crippen molar-refractivity contribution in [3.63, 3.8) is 0 Å². The van der Waals surface area contributed by atoms with Crippen LogP contribution < -0.4 is 5.32 Å². The van der Waals surface area contributed by atoms with Crippen molar-refractivity contribution in [1.82, 2.24) is 20.4 Å². The zero-order chi connectivity index (χ0) is 16.9. The molecule has 7 nitrogen and oxygen atoms in total. The fourth-order valence-electron chi connectivity index (χ4n) is 2.48. The Morgan fingerprint density at radius 1 is 1.33 bits per heavy atom. The standard InChI is InChI=1S/C16H17ClN4O3/c17-12-5-3-11(4-6-12)16-19-14(24-20-16)7-8-18-13(22)10-21-9-1-2-15(21)23/h3-6H,1-2,7-10H2,(H,18,22). The molecule has 0 spiro atoms. The van der Waals surface area contributed by atoms with Crippen molar-refractivity contribution in [2.75, 3.05) is 19.6 Å². The first-order valence-corrected chi connectivity index (χ1v) is 8.12. The van der Waals surface area contributed by atoms with Crippen molar-refractivity contribution in [2.24, 2.45) is 0 Å². The molecule has 1 aromatic heterocycles. The SMILES string of the molecule is O=C(CN1CCCC1=O)NCCc1nc(-c2ccc(Cl)cc2)no1. The van der Waals surface area contributed by atoms with Crippen LogP contribution in [0, 0.1) is 0 Å². The van der Waals surface area contributed by atoms with Gasteiger partial charge in [-0.05, 0) is 30.7 Å². The first-order valence-electron chi connectivity index (χ1n) is 7.75. The van der Waals surface area contributed by atoms with E-state index in [-0.39, 0.29) is 18.4 Å². The Morgan fingerprint density at radius 2 is 2.12 bits per heavy atom. The van der Waals surface area contributed by atoms with Crippen molar-refractivity contribution < 1.29 is 14.1 Å². The molecule has 0 unspecified atom stereocenters. The van der Waals surface area contributed by atoms with Crippen LogP contribution in [0.15, 0.2) is 28.8 Å². The van der Waals surface area contributed by atoms with Gasteiger partial charge >= 0.3 is 0 Å². The topological polar surface area (TPSA) is 88.3 Å². The summed E-state index contributed by atoms with van der Waals surface area (Å²) in [7, 11) is 0. The molecule has 1 aromatic carbocycles. The fourth-order valence-corrected chi connectivity index (χ4v) is 2.61. The van der Waals surface area contributed by atoms with Gasteiger partial charge in [0.2, 0.25) is 23.5 Å². The summed E-state index contributed by atoms with van der Waals surface area (Å²) < 4.78 is 5.17. The summed E-state index contributed by atoms with van der Waals surface area (Å²) in [6.45, 7) is 1.14. The average Bonchev–Trinajstić information content (AvgIpc) is 3.18. The number of aromatic nitrogens is 2. The zero-order valence-electron chi connectivity index (χ0n) is 13.0. The second kappa shape index (κ2) is 7.44. The number of likely N-dealkylation sites (tertiary alicyclic amines) is 1. The molecule has 3 rings (SSSR count). The molecule has 8 heteroatoms. The first-order chi connectivity index (χ1) is 11.6. The van der Waals surface area contributed by atoms with Gasteiger partial charge in [-0.1, -0.05) is 16.8 Å². The Labute approximate surface area is 144 Å². The number of nitrogens with zero attached hydrogens (tertiary/aromatic N) is 3. The van der Waals surface area contributed by atoms with E-state index >= 15 is 0 Å². The smallest absolute Gasteiger partial charge is 0.239 e. The maximum atomic E-state index is 11.8. The number of rotatable bonds is 6. The molecule has 1 saturated heterocycles.